The molecule has 0 saturated carbocycles. The van der Waals surface area contributed by atoms with Gasteiger partial charge < -0.3 is 9.80 Å². The summed E-state index contributed by atoms with van der Waals surface area (Å²) in [6, 6.07) is 0.432. The molecule has 0 aromatic rings. The average Bonchev–Trinajstić information content (AvgIpc) is 2.36. The van der Waals surface area contributed by atoms with Crippen molar-refractivity contribution in [1.29, 1.82) is 0 Å². The summed E-state index contributed by atoms with van der Waals surface area (Å²) in [7, 11) is 1.94. The lowest BCUT2D eigenvalue weighted by Gasteiger charge is -2.37. The second kappa shape index (κ2) is 6.60. The molecule has 16 heavy (non-hydrogen) atoms. The number of halogens is 1. The van der Waals surface area contributed by atoms with Gasteiger partial charge in [0.15, 0.2) is 0 Å². The molecule has 1 unspecified atom stereocenters. The SMILES string of the molecule is CCC(Br)C(=O)N(C)C1CCN(CC)CC1. The standard InChI is InChI=1S/C12H23BrN2O/c1-4-11(13)12(16)14(3)10-6-8-15(5-2)9-7-10/h10-11H,4-9H2,1-3H3. The van der Waals surface area contributed by atoms with Gasteiger partial charge in [0, 0.05) is 26.2 Å². The topological polar surface area (TPSA) is 23.6 Å². The minimum atomic E-state index is -0.0123. The molecule has 0 N–H and O–H groups in total. The third kappa shape index (κ3) is 3.45. The summed E-state index contributed by atoms with van der Waals surface area (Å²) in [5.41, 5.74) is 0. The molecule has 0 spiro atoms. The van der Waals surface area contributed by atoms with Gasteiger partial charge in [0.05, 0.1) is 4.83 Å². The van der Waals surface area contributed by atoms with Crippen LogP contribution in [0.3, 0.4) is 0 Å². The highest BCUT2D eigenvalue weighted by Gasteiger charge is 2.27. The van der Waals surface area contributed by atoms with Gasteiger partial charge in [-0.3, -0.25) is 4.79 Å². The first-order chi connectivity index (χ1) is 7.60. The monoisotopic (exact) mass is 290 g/mol. The predicted molar refractivity (Wildman–Crippen MR) is 70.9 cm³/mol. The number of likely N-dealkylation sites (tertiary alicyclic amines) is 1. The molecule has 1 heterocycles. The van der Waals surface area contributed by atoms with E-state index in [2.05, 4.69) is 27.8 Å². The maximum absolute atomic E-state index is 12.0. The predicted octanol–water partition coefficient (Wildman–Crippen LogP) is 2.10. The molecule has 0 bridgehead atoms. The zero-order valence-corrected chi connectivity index (χ0v) is 12.2. The number of carbonyl (C=O) groups excluding carboxylic acids is 1. The first-order valence-corrected chi connectivity index (χ1v) is 7.14. The summed E-state index contributed by atoms with van der Waals surface area (Å²) in [5.74, 6) is 0.234. The Hall–Kier alpha value is -0.0900. The smallest absolute Gasteiger partial charge is 0.236 e. The summed E-state index contributed by atoms with van der Waals surface area (Å²) in [5, 5.41) is 0. The Labute approximate surface area is 107 Å². The van der Waals surface area contributed by atoms with E-state index < -0.39 is 0 Å². The molecule has 0 aliphatic carbocycles. The number of hydrogen-bond donors (Lipinski definition) is 0. The van der Waals surface area contributed by atoms with Crippen LogP contribution in [0.15, 0.2) is 0 Å². The zero-order valence-electron chi connectivity index (χ0n) is 10.6. The quantitative estimate of drug-likeness (QED) is 0.741. The summed E-state index contributed by atoms with van der Waals surface area (Å²) >= 11 is 3.43. The van der Waals surface area contributed by atoms with E-state index in [9.17, 15) is 4.79 Å². The molecule has 0 aromatic heterocycles. The van der Waals surface area contributed by atoms with Gasteiger partial charge in [-0.25, -0.2) is 0 Å². The van der Waals surface area contributed by atoms with Crippen LogP contribution >= 0.6 is 15.9 Å². The lowest BCUT2D eigenvalue weighted by Crippen LogP contribution is -2.47. The maximum atomic E-state index is 12.0. The number of nitrogens with zero attached hydrogens (tertiary/aromatic N) is 2. The van der Waals surface area contributed by atoms with E-state index in [0.29, 0.717) is 6.04 Å². The zero-order chi connectivity index (χ0) is 12.1. The largest absolute Gasteiger partial charge is 0.342 e. The van der Waals surface area contributed by atoms with Crippen LogP contribution in [0, 0.1) is 0 Å². The average molecular weight is 291 g/mol. The van der Waals surface area contributed by atoms with Crippen molar-refractivity contribution < 1.29 is 4.79 Å². The molecule has 94 valence electrons. The fourth-order valence-electron chi connectivity index (χ4n) is 2.20. The van der Waals surface area contributed by atoms with Crippen molar-refractivity contribution in [3.63, 3.8) is 0 Å². The molecule has 1 atom stereocenters. The van der Waals surface area contributed by atoms with Crippen molar-refractivity contribution >= 4 is 21.8 Å². The van der Waals surface area contributed by atoms with E-state index in [1.54, 1.807) is 0 Å². The van der Waals surface area contributed by atoms with Crippen molar-refractivity contribution in [2.24, 2.45) is 0 Å². The van der Waals surface area contributed by atoms with E-state index >= 15 is 0 Å². The van der Waals surface area contributed by atoms with E-state index in [0.717, 1.165) is 38.9 Å². The van der Waals surface area contributed by atoms with E-state index in [-0.39, 0.29) is 10.7 Å². The molecule has 1 amide bonds. The molecule has 1 saturated heterocycles. The third-order valence-corrected chi connectivity index (χ3v) is 4.57. The Morgan fingerprint density at radius 2 is 2.00 bits per heavy atom. The van der Waals surface area contributed by atoms with Gasteiger partial charge in [-0.1, -0.05) is 29.8 Å². The molecular weight excluding hydrogens is 268 g/mol. The highest BCUT2D eigenvalue weighted by Crippen LogP contribution is 2.18. The van der Waals surface area contributed by atoms with E-state index in [4.69, 9.17) is 0 Å². The second-order valence-electron chi connectivity index (χ2n) is 4.49. The molecule has 1 fully saturated rings. The second-order valence-corrected chi connectivity index (χ2v) is 5.60. The molecule has 0 radical (unpaired) electrons. The molecule has 1 aliphatic rings. The van der Waals surface area contributed by atoms with Gasteiger partial charge >= 0.3 is 0 Å². The highest BCUT2D eigenvalue weighted by molar-refractivity contribution is 9.10. The minimum absolute atomic E-state index is 0.0123. The number of rotatable bonds is 4. The van der Waals surface area contributed by atoms with Crippen molar-refractivity contribution in [2.75, 3.05) is 26.7 Å². The van der Waals surface area contributed by atoms with Crippen molar-refractivity contribution in [2.45, 2.75) is 44.0 Å². The van der Waals surface area contributed by atoms with Gasteiger partial charge in [-0.05, 0) is 25.8 Å². The lowest BCUT2D eigenvalue weighted by molar-refractivity contribution is -0.132. The van der Waals surface area contributed by atoms with Crippen LogP contribution < -0.4 is 0 Å². The molecule has 1 rings (SSSR count). The first kappa shape index (κ1) is 14.0. The third-order valence-electron chi connectivity index (χ3n) is 3.53. The summed E-state index contributed by atoms with van der Waals surface area (Å²) in [6.07, 6.45) is 3.08. The maximum Gasteiger partial charge on any atom is 0.236 e. The van der Waals surface area contributed by atoms with Gasteiger partial charge in [-0.2, -0.15) is 0 Å². The van der Waals surface area contributed by atoms with Gasteiger partial charge in [0.2, 0.25) is 5.91 Å². The summed E-state index contributed by atoms with van der Waals surface area (Å²) in [4.78, 5) is 16.4. The summed E-state index contributed by atoms with van der Waals surface area (Å²) in [6.45, 7) is 7.60. The van der Waals surface area contributed by atoms with Crippen LogP contribution in [-0.2, 0) is 4.79 Å². The van der Waals surface area contributed by atoms with Crippen molar-refractivity contribution in [1.82, 2.24) is 9.80 Å². The fraction of sp³-hybridized carbons (Fsp3) is 0.917. The Bertz CT molecular complexity index is 227. The van der Waals surface area contributed by atoms with Crippen LogP contribution in [-0.4, -0.2) is 53.3 Å². The molecule has 3 nitrogen and oxygen atoms in total. The molecular formula is C12H23BrN2O. The van der Waals surface area contributed by atoms with E-state index in [1.807, 2.05) is 18.9 Å². The molecule has 1 aliphatic heterocycles. The number of hydrogen-bond acceptors (Lipinski definition) is 2. The Balaban J connectivity index is 2.43. The number of alkyl halides is 1. The van der Waals surface area contributed by atoms with Gasteiger partial charge in [0.1, 0.15) is 0 Å². The van der Waals surface area contributed by atoms with E-state index in [1.165, 1.54) is 0 Å². The molecule has 0 aromatic carbocycles. The van der Waals surface area contributed by atoms with Crippen LogP contribution in [0.2, 0.25) is 0 Å². The Kier molecular flexibility index (Phi) is 5.76. The van der Waals surface area contributed by atoms with Crippen molar-refractivity contribution in [3.05, 3.63) is 0 Å². The minimum Gasteiger partial charge on any atom is -0.342 e. The first-order valence-electron chi connectivity index (χ1n) is 6.23. The molecule has 4 heteroatoms. The lowest BCUT2D eigenvalue weighted by atomic mass is 10.0. The Morgan fingerprint density at radius 3 is 2.44 bits per heavy atom. The number of piperidine rings is 1. The van der Waals surface area contributed by atoms with Crippen LogP contribution in [0.4, 0.5) is 0 Å². The van der Waals surface area contributed by atoms with Crippen molar-refractivity contribution in [3.8, 4) is 0 Å². The number of carbonyl (C=O) groups is 1. The van der Waals surface area contributed by atoms with Crippen LogP contribution in [0.5, 0.6) is 0 Å². The van der Waals surface area contributed by atoms with Gasteiger partial charge in [0.25, 0.3) is 0 Å². The summed E-state index contributed by atoms with van der Waals surface area (Å²) < 4.78 is 0. The fourth-order valence-corrected chi connectivity index (χ4v) is 2.52. The van der Waals surface area contributed by atoms with Crippen LogP contribution in [0.25, 0.3) is 0 Å². The normalized spacial score (nSPS) is 20.8. The number of amides is 1. The Morgan fingerprint density at radius 1 is 1.44 bits per heavy atom. The van der Waals surface area contributed by atoms with Gasteiger partial charge in [-0.15, -0.1) is 0 Å². The van der Waals surface area contributed by atoms with Crippen LogP contribution in [0.1, 0.15) is 33.1 Å². The highest BCUT2D eigenvalue weighted by atomic mass is 79.9.